The second-order valence-corrected chi connectivity index (χ2v) is 9.47. The Labute approximate surface area is 181 Å². The maximum atomic E-state index is 13.3. The van der Waals surface area contributed by atoms with E-state index in [9.17, 15) is 8.42 Å². The Hall–Kier alpha value is -2.91. The van der Waals surface area contributed by atoms with Crippen molar-refractivity contribution in [1.29, 1.82) is 0 Å². The van der Waals surface area contributed by atoms with Crippen LogP contribution in [0.15, 0.2) is 51.8 Å². The Morgan fingerprint density at radius 2 is 1.77 bits per heavy atom. The fraction of sp³-hybridized carbons (Fsp3) is 0.364. The van der Waals surface area contributed by atoms with Crippen molar-refractivity contribution in [3.8, 4) is 23.0 Å². The van der Waals surface area contributed by atoms with Crippen molar-refractivity contribution in [3.05, 3.63) is 53.9 Å². The molecule has 0 spiro atoms. The topological polar surface area (TPSA) is 94.8 Å². The first-order valence-corrected chi connectivity index (χ1v) is 11.5. The number of aryl methyl sites for hydroxylation is 1. The van der Waals surface area contributed by atoms with E-state index < -0.39 is 10.0 Å². The second kappa shape index (κ2) is 8.68. The number of methoxy groups -OCH3 is 2. The van der Waals surface area contributed by atoms with Gasteiger partial charge in [-0.25, -0.2) is 8.42 Å². The molecule has 31 heavy (non-hydrogen) atoms. The first kappa shape index (κ1) is 21.3. The lowest BCUT2D eigenvalue weighted by Gasteiger charge is -2.30. The van der Waals surface area contributed by atoms with Gasteiger partial charge in [0.15, 0.2) is 11.5 Å². The van der Waals surface area contributed by atoms with Crippen molar-refractivity contribution < 1.29 is 22.3 Å². The summed E-state index contributed by atoms with van der Waals surface area (Å²) >= 11 is 0. The van der Waals surface area contributed by atoms with E-state index in [1.165, 1.54) is 30.7 Å². The Balaban J connectivity index is 1.55. The van der Waals surface area contributed by atoms with Gasteiger partial charge in [-0.2, -0.15) is 4.31 Å². The summed E-state index contributed by atoms with van der Waals surface area (Å²) in [5.74, 6) is 1.59. The Morgan fingerprint density at radius 1 is 1.03 bits per heavy atom. The normalized spacial score (nSPS) is 17.5. The summed E-state index contributed by atoms with van der Waals surface area (Å²) in [7, 11) is -0.714. The molecule has 4 rings (SSSR count). The van der Waals surface area contributed by atoms with E-state index in [1.54, 1.807) is 6.07 Å². The first-order chi connectivity index (χ1) is 14.9. The van der Waals surface area contributed by atoms with Crippen LogP contribution in [0.25, 0.3) is 11.5 Å². The number of rotatable bonds is 6. The van der Waals surface area contributed by atoms with Crippen molar-refractivity contribution in [2.24, 2.45) is 0 Å². The zero-order valence-electron chi connectivity index (χ0n) is 17.7. The van der Waals surface area contributed by atoms with Gasteiger partial charge in [-0.15, -0.1) is 10.2 Å². The Morgan fingerprint density at radius 3 is 2.48 bits per heavy atom. The summed E-state index contributed by atoms with van der Waals surface area (Å²) in [6.45, 7) is 2.73. The monoisotopic (exact) mass is 443 g/mol. The van der Waals surface area contributed by atoms with E-state index in [4.69, 9.17) is 13.9 Å². The molecule has 1 fully saturated rings. The van der Waals surface area contributed by atoms with Crippen molar-refractivity contribution in [2.75, 3.05) is 27.3 Å². The van der Waals surface area contributed by atoms with Crippen molar-refractivity contribution >= 4 is 10.0 Å². The predicted molar refractivity (Wildman–Crippen MR) is 115 cm³/mol. The molecule has 9 heteroatoms. The molecule has 0 saturated carbocycles. The molecule has 3 aromatic rings. The standard InChI is InChI=1S/C22H25N3O5S/c1-15-6-8-16(9-7-15)21-23-24-22(30-21)17-5-4-12-25(14-17)31(26,27)18-10-11-19(28-2)20(13-18)29-3/h6-11,13,17H,4-5,12,14H2,1-3H3/t17-/m1/s1. The molecule has 1 saturated heterocycles. The summed E-state index contributed by atoms with van der Waals surface area (Å²) in [5, 5.41) is 8.37. The van der Waals surface area contributed by atoms with Gasteiger partial charge in [0.25, 0.3) is 0 Å². The van der Waals surface area contributed by atoms with Crippen molar-refractivity contribution in [2.45, 2.75) is 30.6 Å². The summed E-state index contributed by atoms with van der Waals surface area (Å²) in [6.07, 6.45) is 1.49. The Kier molecular flexibility index (Phi) is 5.97. The van der Waals surface area contributed by atoms with Crippen LogP contribution in [0.4, 0.5) is 0 Å². The number of hydrogen-bond donors (Lipinski definition) is 0. The van der Waals surface area contributed by atoms with E-state index in [0.29, 0.717) is 36.2 Å². The molecule has 2 aromatic carbocycles. The van der Waals surface area contributed by atoms with Crippen molar-refractivity contribution in [1.82, 2.24) is 14.5 Å². The number of nitrogens with zero attached hydrogens (tertiary/aromatic N) is 3. The number of hydrogen-bond acceptors (Lipinski definition) is 7. The van der Waals surface area contributed by atoms with Crippen LogP contribution < -0.4 is 9.47 Å². The minimum absolute atomic E-state index is 0.157. The number of benzene rings is 2. The average Bonchev–Trinajstić information content (AvgIpc) is 3.29. The highest BCUT2D eigenvalue weighted by Gasteiger charge is 2.33. The highest BCUT2D eigenvalue weighted by atomic mass is 32.2. The van der Waals surface area contributed by atoms with Crippen LogP contribution in [0, 0.1) is 6.92 Å². The predicted octanol–water partition coefficient (Wildman–Crippen LogP) is 3.63. The van der Waals surface area contributed by atoms with Gasteiger partial charge in [-0.3, -0.25) is 0 Å². The van der Waals surface area contributed by atoms with Crippen LogP contribution in [0.5, 0.6) is 11.5 Å². The van der Waals surface area contributed by atoms with Gasteiger partial charge in [0.05, 0.1) is 25.0 Å². The summed E-state index contributed by atoms with van der Waals surface area (Å²) in [4.78, 5) is 0.164. The molecule has 1 aliphatic heterocycles. The SMILES string of the molecule is COc1ccc(S(=O)(=O)N2CCC[C@@H](c3nnc(-c4ccc(C)cc4)o3)C2)cc1OC. The zero-order valence-corrected chi connectivity index (χ0v) is 18.6. The van der Waals surface area contributed by atoms with Crippen LogP contribution in [-0.2, 0) is 10.0 Å². The van der Waals surface area contributed by atoms with E-state index in [2.05, 4.69) is 10.2 Å². The molecule has 0 N–H and O–H groups in total. The number of aromatic nitrogens is 2. The summed E-state index contributed by atoms with van der Waals surface area (Å²) < 4.78 is 44.3. The molecule has 164 valence electrons. The van der Waals surface area contributed by atoms with Gasteiger partial charge in [0.2, 0.25) is 21.8 Å². The molecule has 1 atom stereocenters. The van der Waals surface area contributed by atoms with Crippen LogP contribution >= 0.6 is 0 Å². The van der Waals surface area contributed by atoms with Gasteiger partial charge in [-0.05, 0) is 44.0 Å². The van der Waals surface area contributed by atoms with E-state index in [-0.39, 0.29) is 17.4 Å². The van der Waals surface area contributed by atoms with Crippen LogP contribution in [0.3, 0.4) is 0 Å². The lowest BCUT2D eigenvalue weighted by Crippen LogP contribution is -2.39. The molecule has 0 aliphatic carbocycles. The lowest BCUT2D eigenvalue weighted by atomic mass is 10.00. The van der Waals surface area contributed by atoms with Gasteiger partial charge in [0, 0.05) is 24.7 Å². The molecule has 0 amide bonds. The average molecular weight is 444 g/mol. The Bertz CT molecular complexity index is 1160. The quantitative estimate of drug-likeness (QED) is 0.574. The van der Waals surface area contributed by atoms with Crippen LogP contribution in [0.2, 0.25) is 0 Å². The molecule has 0 bridgehead atoms. The van der Waals surface area contributed by atoms with Gasteiger partial charge < -0.3 is 13.9 Å². The smallest absolute Gasteiger partial charge is 0.247 e. The van der Waals surface area contributed by atoms with Crippen molar-refractivity contribution in [3.63, 3.8) is 0 Å². The number of ether oxygens (including phenoxy) is 2. The molecule has 0 radical (unpaired) electrons. The third-order valence-corrected chi connectivity index (χ3v) is 7.33. The largest absolute Gasteiger partial charge is 0.493 e. The third-order valence-electron chi connectivity index (χ3n) is 5.47. The molecular formula is C22H25N3O5S. The molecular weight excluding hydrogens is 418 g/mol. The van der Waals surface area contributed by atoms with Gasteiger partial charge >= 0.3 is 0 Å². The second-order valence-electron chi connectivity index (χ2n) is 7.53. The molecule has 2 heterocycles. The maximum Gasteiger partial charge on any atom is 0.247 e. The number of sulfonamides is 1. The fourth-order valence-corrected chi connectivity index (χ4v) is 5.24. The van der Waals surface area contributed by atoms with Gasteiger partial charge in [-0.1, -0.05) is 17.7 Å². The highest BCUT2D eigenvalue weighted by Crippen LogP contribution is 2.34. The number of piperidine rings is 1. The van der Waals surface area contributed by atoms with Gasteiger partial charge in [0.1, 0.15) is 0 Å². The third kappa shape index (κ3) is 4.28. The van der Waals surface area contributed by atoms with E-state index in [0.717, 1.165) is 17.5 Å². The molecule has 8 nitrogen and oxygen atoms in total. The molecule has 1 aliphatic rings. The maximum absolute atomic E-state index is 13.3. The summed E-state index contributed by atoms with van der Waals surface area (Å²) in [5.41, 5.74) is 1.99. The minimum atomic E-state index is -3.70. The molecule has 1 aromatic heterocycles. The molecule has 0 unspecified atom stereocenters. The lowest BCUT2D eigenvalue weighted by molar-refractivity contribution is 0.286. The van der Waals surface area contributed by atoms with E-state index in [1.807, 2.05) is 31.2 Å². The minimum Gasteiger partial charge on any atom is -0.493 e. The van der Waals surface area contributed by atoms with Crippen LogP contribution in [0.1, 0.15) is 30.2 Å². The first-order valence-electron chi connectivity index (χ1n) is 10.0. The summed E-state index contributed by atoms with van der Waals surface area (Å²) in [6, 6.07) is 12.4. The van der Waals surface area contributed by atoms with E-state index >= 15 is 0 Å². The highest BCUT2D eigenvalue weighted by molar-refractivity contribution is 7.89. The zero-order chi connectivity index (χ0) is 22.0. The van der Waals surface area contributed by atoms with Crippen LogP contribution in [-0.4, -0.2) is 50.2 Å². The fourth-order valence-electron chi connectivity index (χ4n) is 3.70.